The average Bonchev–Trinajstić information content (AvgIpc) is 2.41. The molecule has 0 amide bonds. The van der Waals surface area contributed by atoms with Crippen molar-refractivity contribution in [1.82, 2.24) is 4.98 Å². The van der Waals surface area contributed by atoms with Crippen LogP contribution in [0, 0.1) is 0 Å². The average molecular weight is 211 g/mol. The van der Waals surface area contributed by atoms with Crippen molar-refractivity contribution in [3.05, 3.63) is 23.5 Å². The van der Waals surface area contributed by atoms with Gasteiger partial charge in [-0.2, -0.15) is 0 Å². The number of aromatic carboxylic acids is 1. The van der Waals surface area contributed by atoms with Gasteiger partial charge in [-0.15, -0.1) is 11.8 Å². The Kier molecular flexibility index (Phi) is 2.69. The van der Waals surface area contributed by atoms with Gasteiger partial charge in [0.25, 0.3) is 0 Å². The van der Waals surface area contributed by atoms with Crippen molar-refractivity contribution in [3.8, 4) is 0 Å². The zero-order valence-corrected chi connectivity index (χ0v) is 8.21. The van der Waals surface area contributed by atoms with Gasteiger partial charge in [0.05, 0.1) is 24.5 Å². The minimum Gasteiger partial charge on any atom is -0.478 e. The summed E-state index contributed by atoms with van der Waals surface area (Å²) in [5.41, 5.74) is 1.07. The molecule has 0 fully saturated rings. The van der Waals surface area contributed by atoms with E-state index < -0.39 is 5.97 Å². The first-order chi connectivity index (χ1) is 6.77. The molecule has 0 radical (unpaired) electrons. The quantitative estimate of drug-likeness (QED) is 0.760. The van der Waals surface area contributed by atoms with E-state index in [1.54, 1.807) is 17.8 Å². The molecule has 74 valence electrons. The summed E-state index contributed by atoms with van der Waals surface area (Å²) in [6.07, 6.45) is 1.37. The largest absolute Gasteiger partial charge is 0.478 e. The fourth-order valence-electron chi connectivity index (χ4n) is 1.20. The fraction of sp³-hybridized carbons (Fsp3) is 0.333. The van der Waals surface area contributed by atoms with Gasteiger partial charge in [0.2, 0.25) is 0 Å². The van der Waals surface area contributed by atoms with Crippen molar-refractivity contribution in [1.29, 1.82) is 0 Å². The molecule has 14 heavy (non-hydrogen) atoms. The minimum atomic E-state index is -0.939. The van der Waals surface area contributed by atoms with Crippen LogP contribution in [0.4, 0.5) is 0 Å². The molecule has 1 aliphatic heterocycles. The van der Waals surface area contributed by atoms with Crippen LogP contribution in [0.15, 0.2) is 17.2 Å². The van der Waals surface area contributed by atoms with Gasteiger partial charge in [0, 0.05) is 16.8 Å². The van der Waals surface area contributed by atoms with Crippen LogP contribution in [-0.4, -0.2) is 28.4 Å². The molecule has 5 heteroatoms. The zero-order chi connectivity index (χ0) is 9.97. The third-order valence-electron chi connectivity index (χ3n) is 1.90. The van der Waals surface area contributed by atoms with Crippen molar-refractivity contribution in [2.45, 2.75) is 11.5 Å². The maximum Gasteiger partial charge on any atom is 0.337 e. The topological polar surface area (TPSA) is 59.4 Å². The van der Waals surface area contributed by atoms with Crippen LogP contribution >= 0.6 is 11.8 Å². The molecule has 1 aromatic rings. The SMILES string of the molecule is O=C(O)c1cnc2c(c1)SCCOC2. The summed E-state index contributed by atoms with van der Waals surface area (Å²) in [5, 5.41) is 8.78. The number of ether oxygens (including phenoxy) is 1. The van der Waals surface area contributed by atoms with Gasteiger partial charge in [-0.25, -0.2) is 4.79 Å². The maximum atomic E-state index is 10.7. The Hall–Kier alpha value is -1.07. The molecule has 0 atom stereocenters. The summed E-state index contributed by atoms with van der Waals surface area (Å²) >= 11 is 1.59. The van der Waals surface area contributed by atoms with Crippen LogP contribution in [0.3, 0.4) is 0 Å². The van der Waals surface area contributed by atoms with E-state index in [9.17, 15) is 4.79 Å². The van der Waals surface area contributed by atoms with Crippen molar-refractivity contribution in [3.63, 3.8) is 0 Å². The molecule has 0 bridgehead atoms. The number of carboxylic acids is 1. The van der Waals surface area contributed by atoms with E-state index in [0.29, 0.717) is 13.2 Å². The lowest BCUT2D eigenvalue weighted by Gasteiger charge is -2.03. The molecule has 2 heterocycles. The highest BCUT2D eigenvalue weighted by Crippen LogP contribution is 2.25. The Morgan fingerprint density at radius 3 is 3.29 bits per heavy atom. The van der Waals surface area contributed by atoms with Crippen molar-refractivity contribution >= 4 is 17.7 Å². The first-order valence-corrected chi connectivity index (χ1v) is 5.18. The Morgan fingerprint density at radius 2 is 2.50 bits per heavy atom. The van der Waals surface area contributed by atoms with E-state index >= 15 is 0 Å². The smallest absolute Gasteiger partial charge is 0.337 e. The lowest BCUT2D eigenvalue weighted by molar-refractivity contribution is 0.0695. The standard InChI is InChI=1S/C9H9NO3S/c11-9(12)6-3-8-7(10-4-6)5-13-1-2-14-8/h3-4H,1-2,5H2,(H,11,12). The van der Waals surface area contributed by atoms with Gasteiger partial charge in [-0.3, -0.25) is 4.98 Å². The Balaban J connectivity index is 2.37. The van der Waals surface area contributed by atoms with Crippen LogP contribution in [0.2, 0.25) is 0 Å². The van der Waals surface area contributed by atoms with Crippen molar-refractivity contribution < 1.29 is 14.6 Å². The highest BCUT2D eigenvalue weighted by molar-refractivity contribution is 7.99. The summed E-state index contributed by atoms with van der Waals surface area (Å²) in [4.78, 5) is 15.7. The predicted molar refractivity (Wildman–Crippen MR) is 51.6 cm³/mol. The third-order valence-corrected chi connectivity index (χ3v) is 2.94. The van der Waals surface area contributed by atoms with Crippen LogP contribution in [0.1, 0.15) is 16.1 Å². The van der Waals surface area contributed by atoms with Gasteiger partial charge in [0.15, 0.2) is 0 Å². The van der Waals surface area contributed by atoms with Gasteiger partial charge in [0.1, 0.15) is 0 Å². The first kappa shape index (κ1) is 9.48. The molecule has 0 saturated heterocycles. The summed E-state index contributed by atoms with van der Waals surface area (Å²) in [5.74, 6) is -0.0938. The van der Waals surface area contributed by atoms with Gasteiger partial charge in [-0.1, -0.05) is 0 Å². The molecule has 0 spiro atoms. The second-order valence-corrected chi connectivity index (χ2v) is 4.01. The molecular weight excluding hydrogens is 202 g/mol. The number of fused-ring (bicyclic) bond motifs is 1. The summed E-state index contributed by atoms with van der Waals surface area (Å²) in [7, 11) is 0. The number of hydrogen-bond acceptors (Lipinski definition) is 4. The predicted octanol–water partition coefficient (Wildman–Crippen LogP) is 1.40. The van der Waals surface area contributed by atoms with E-state index in [1.807, 2.05) is 0 Å². The number of thioether (sulfide) groups is 1. The normalized spacial score (nSPS) is 15.7. The molecule has 2 rings (SSSR count). The second-order valence-electron chi connectivity index (χ2n) is 2.88. The molecule has 0 saturated carbocycles. The van der Waals surface area contributed by atoms with E-state index in [2.05, 4.69) is 4.98 Å². The second kappa shape index (κ2) is 3.98. The summed E-state index contributed by atoms with van der Waals surface area (Å²) in [6, 6.07) is 1.66. The molecule has 0 aromatic carbocycles. The van der Waals surface area contributed by atoms with E-state index in [1.165, 1.54) is 6.20 Å². The number of carbonyl (C=O) groups is 1. The van der Waals surface area contributed by atoms with Gasteiger partial charge in [-0.05, 0) is 6.07 Å². The van der Waals surface area contributed by atoms with Gasteiger partial charge < -0.3 is 9.84 Å². The number of pyridine rings is 1. The molecule has 0 unspecified atom stereocenters. The Bertz CT molecular complexity index is 367. The van der Waals surface area contributed by atoms with E-state index in [0.717, 1.165) is 16.3 Å². The third kappa shape index (κ3) is 1.88. The van der Waals surface area contributed by atoms with Crippen LogP contribution in [0.25, 0.3) is 0 Å². The van der Waals surface area contributed by atoms with E-state index in [-0.39, 0.29) is 5.56 Å². The number of carboxylic acid groups (broad SMARTS) is 1. The minimum absolute atomic E-state index is 0.234. The van der Waals surface area contributed by atoms with Crippen molar-refractivity contribution in [2.75, 3.05) is 12.4 Å². The fourth-order valence-corrected chi connectivity index (χ4v) is 2.11. The van der Waals surface area contributed by atoms with Gasteiger partial charge >= 0.3 is 5.97 Å². The first-order valence-electron chi connectivity index (χ1n) is 4.20. The number of rotatable bonds is 1. The number of hydrogen-bond donors (Lipinski definition) is 1. The molecule has 1 aliphatic rings. The zero-order valence-electron chi connectivity index (χ0n) is 7.40. The van der Waals surface area contributed by atoms with E-state index in [4.69, 9.17) is 9.84 Å². The Labute approximate surface area is 85.3 Å². The highest BCUT2D eigenvalue weighted by atomic mass is 32.2. The maximum absolute atomic E-state index is 10.7. The molecule has 0 aliphatic carbocycles. The lowest BCUT2D eigenvalue weighted by atomic mass is 10.2. The monoisotopic (exact) mass is 211 g/mol. The number of aromatic nitrogens is 1. The highest BCUT2D eigenvalue weighted by Gasteiger charge is 2.12. The van der Waals surface area contributed by atoms with Crippen LogP contribution in [-0.2, 0) is 11.3 Å². The van der Waals surface area contributed by atoms with Crippen molar-refractivity contribution in [2.24, 2.45) is 0 Å². The van der Waals surface area contributed by atoms with Crippen LogP contribution < -0.4 is 0 Å². The summed E-state index contributed by atoms with van der Waals surface area (Å²) in [6.45, 7) is 1.16. The molecule has 1 aromatic heterocycles. The van der Waals surface area contributed by atoms with Crippen LogP contribution in [0.5, 0.6) is 0 Å². The molecule has 4 nitrogen and oxygen atoms in total. The molecule has 1 N–H and O–H groups in total. The lowest BCUT2D eigenvalue weighted by Crippen LogP contribution is -2.01. The number of nitrogens with zero attached hydrogens (tertiary/aromatic N) is 1. The Morgan fingerprint density at radius 1 is 1.64 bits per heavy atom. The molecular formula is C9H9NO3S. The summed E-state index contributed by atoms with van der Waals surface area (Å²) < 4.78 is 5.29.